The van der Waals surface area contributed by atoms with E-state index in [-0.39, 0.29) is 30.4 Å². The highest BCUT2D eigenvalue weighted by atomic mass is 16.3. The van der Waals surface area contributed by atoms with Gasteiger partial charge in [0, 0.05) is 13.0 Å². The monoisotopic (exact) mass is 214 g/mol. The van der Waals surface area contributed by atoms with Crippen LogP contribution in [0.1, 0.15) is 26.2 Å². The number of aliphatic hydroxyl groups is 1. The van der Waals surface area contributed by atoms with Crippen LogP contribution >= 0.6 is 0 Å². The number of hydrogen-bond acceptors (Lipinski definition) is 3. The Morgan fingerprint density at radius 2 is 2.47 bits per heavy atom. The minimum absolute atomic E-state index is 0.00764. The summed E-state index contributed by atoms with van der Waals surface area (Å²) >= 11 is 0. The first-order valence-electron chi connectivity index (χ1n) is 5.35. The fourth-order valence-electron chi connectivity index (χ4n) is 1.55. The molecule has 0 aromatic heterocycles. The molecule has 1 rings (SSSR count). The molecule has 0 spiro atoms. The van der Waals surface area contributed by atoms with Gasteiger partial charge in [0.15, 0.2) is 0 Å². The first-order chi connectivity index (χ1) is 7.17. The maximum Gasteiger partial charge on any atom is 0.225 e. The second-order valence-corrected chi connectivity index (χ2v) is 3.84. The van der Waals surface area contributed by atoms with Gasteiger partial charge in [-0.15, -0.1) is 0 Å². The minimum Gasteiger partial charge on any atom is -0.394 e. The predicted molar refractivity (Wildman–Crippen MR) is 55.0 cm³/mol. The van der Waals surface area contributed by atoms with Crippen LogP contribution in [0, 0.1) is 5.92 Å². The molecular weight excluding hydrogens is 196 g/mol. The third kappa shape index (κ3) is 3.51. The van der Waals surface area contributed by atoms with E-state index in [9.17, 15) is 9.59 Å². The molecule has 0 radical (unpaired) electrons. The van der Waals surface area contributed by atoms with E-state index in [0.717, 1.165) is 0 Å². The Labute approximate surface area is 89.2 Å². The molecule has 0 bridgehead atoms. The quantitative estimate of drug-likeness (QED) is 0.584. The molecule has 0 aromatic carbocycles. The summed E-state index contributed by atoms with van der Waals surface area (Å²) in [5, 5.41) is 14.4. The lowest BCUT2D eigenvalue weighted by Gasteiger charge is -2.23. The lowest BCUT2D eigenvalue weighted by molar-refractivity contribution is -0.129. The second kappa shape index (κ2) is 5.70. The summed E-state index contributed by atoms with van der Waals surface area (Å²) in [6.07, 6.45) is 1.72. The van der Waals surface area contributed by atoms with Crippen molar-refractivity contribution in [2.24, 2.45) is 5.92 Å². The smallest absolute Gasteiger partial charge is 0.225 e. The third-order valence-electron chi connectivity index (χ3n) is 2.70. The van der Waals surface area contributed by atoms with Gasteiger partial charge < -0.3 is 15.7 Å². The zero-order valence-corrected chi connectivity index (χ0v) is 8.95. The van der Waals surface area contributed by atoms with Crippen molar-refractivity contribution in [1.29, 1.82) is 0 Å². The van der Waals surface area contributed by atoms with E-state index >= 15 is 0 Å². The molecule has 1 aliphatic heterocycles. The van der Waals surface area contributed by atoms with Gasteiger partial charge in [0.1, 0.15) is 0 Å². The molecule has 5 heteroatoms. The SMILES string of the molecule is CC[C@@H](CO)NC(=O)C1CCC(=O)NC1. The van der Waals surface area contributed by atoms with E-state index in [1.807, 2.05) is 6.92 Å². The Balaban J connectivity index is 2.36. The first-order valence-corrected chi connectivity index (χ1v) is 5.35. The van der Waals surface area contributed by atoms with Crippen molar-refractivity contribution in [3.8, 4) is 0 Å². The fraction of sp³-hybridized carbons (Fsp3) is 0.800. The Morgan fingerprint density at radius 3 is 2.93 bits per heavy atom. The molecule has 0 aromatic rings. The van der Waals surface area contributed by atoms with Gasteiger partial charge in [0.2, 0.25) is 11.8 Å². The second-order valence-electron chi connectivity index (χ2n) is 3.84. The summed E-state index contributed by atoms with van der Waals surface area (Å²) < 4.78 is 0. The van der Waals surface area contributed by atoms with Crippen LogP contribution in [-0.4, -0.2) is 36.1 Å². The average molecular weight is 214 g/mol. The molecule has 1 aliphatic rings. The Kier molecular flexibility index (Phi) is 4.55. The van der Waals surface area contributed by atoms with Crippen molar-refractivity contribution in [2.45, 2.75) is 32.2 Å². The number of carbonyl (C=O) groups excluding carboxylic acids is 2. The van der Waals surface area contributed by atoms with E-state index in [0.29, 0.717) is 25.8 Å². The van der Waals surface area contributed by atoms with Crippen molar-refractivity contribution in [3.05, 3.63) is 0 Å². The van der Waals surface area contributed by atoms with Crippen molar-refractivity contribution in [2.75, 3.05) is 13.2 Å². The normalized spacial score (nSPS) is 23.1. The van der Waals surface area contributed by atoms with Crippen LogP contribution in [0.5, 0.6) is 0 Å². The van der Waals surface area contributed by atoms with Crippen LogP contribution in [0.25, 0.3) is 0 Å². The molecule has 86 valence electrons. The van der Waals surface area contributed by atoms with Gasteiger partial charge in [0.25, 0.3) is 0 Å². The molecule has 2 amide bonds. The maximum atomic E-state index is 11.7. The van der Waals surface area contributed by atoms with Gasteiger partial charge in [-0.05, 0) is 12.8 Å². The van der Waals surface area contributed by atoms with Crippen molar-refractivity contribution in [3.63, 3.8) is 0 Å². The Hall–Kier alpha value is -1.10. The van der Waals surface area contributed by atoms with Crippen LogP contribution in [0.15, 0.2) is 0 Å². The molecule has 5 nitrogen and oxygen atoms in total. The van der Waals surface area contributed by atoms with Gasteiger partial charge in [0.05, 0.1) is 18.6 Å². The Bertz CT molecular complexity index is 229. The van der Waals surface area contributed by atoms with Crippen molar-refractivity contribution >= 4 is 11.8 Å². The van der Waals surface area contributed by atoms with Gasteiger partial charge in [-0.1, -0.05) is 6.92 Å². The summed E-state index contributed by atoms with van der Waals surface area (Å²) in [6.45, 7) is 2.28. The minimum atomic E-state index is -0.171. The van der Waals surface area contributed by atoms with Crippen LogP contribution < -0.4 is 10.6 Å². The average Bonchev–Trinajstić information content (AvgIpc) is 2.26. The lowest BCUT2D eigenvalue weighted by Crippen LogP contribution is -2.46. The predicted octanol–water partition coefficient (Wildman–Crippen LogP) is -0.600. The number of nitrogens with one attached hydrogen (secondary N) is 2. The molecule has 1 heterocycles. The van der Waals surface area contributed by atoms with Crippen LogP contribution in [-0.2, 0) is 9.59 Å². The van der Waals surface area contributed by atoms with Crippen LogP contribution in [0.3, 0.4) is 0 Å². The molecule has 1 unspecified atom stereocenters. The summed E-state index contributed by atoms with van der Waals surface area (Å²) in [5.74, 6) is -0.215. The maximum absolute atomic E-state index is 11.7. The zero-order chi connectivity index (χ0) is 11.3. The van der Waals surface area contributed by atoms with Gasteiger partial charge >= 0.3 is 0 Å². The first kappa shape index (κ1) is 12.0. The van der Waals surface area contributed by atoms with Gasteiger partial charge in [-0.2, -0.15) is 0 Å². The molecule has 1 saturated heterocycles. The molecular formula is C10H18N2O3. The van der Waals surface area contributed by atoms with E-state index in [4.69, 9.17) is 5.11 Å². The van der Waals surface area contributed by atoms with Crippen LogP contribution in [0.2, 0.25) is 0 Å². The number of carbonyl (C=O) groups is 2. The van der Waals surface area contributed by atoms with Crippen molar-refractivity contribution < 1.29 is 14.7 Å². The number of piperidine rings is 1. The highest BCUT2D eigenvalue weighted by Gasteiger charge is 2.25. The third-order valence-corrected chi connectivity index (χ3v) is 2.70. The van der Waals surface area contributed by atoms with E-state index in [1.54, 1.807) is 0 Å². The fourth-order valence-corrected chi connectivity index (χ4v) is 1.55. The summed E-state index contributed by atoms with van der Waals surface area (Å²) in [6, 6.07) is -0.171. The summed E-state index contributed by atoms with van der Waals surface area (Å²) in [4.78, 5) is 22.5. The van der Waals surface area contributed by atoms with E-state index in [1.165, 1.54) is 0 Å². The molecule has 2 atom stereocenters. The molecule has 0 aliphatic carbocycles. The summed E-state index contributed by atoms with van der Waals surface area (Å²) in [5.41, 5.74) is 0. The van der Waals surface area contributed by atoms with Crippen LogP contribution in [0.4, 0.5) is 0 Å². The number of amides is 2. The topological polar surface area (TPSA) is 78.4 Å². The molecule has 15 heavy (non-hydrogen) atoms. The molecule has 1 fully saturated rings. The number of hydrogen-bond donors (Lipinski definition) is 3. The highest BCUT2D eigenvalue weighted by Crippen LogP contribution is 2.11. The van der Waals surface area contributed by atoms with E-state index in [2.05, 4.69) is 10.6 Å². The Morgan fingerprint density at radius 1 is 1.73 bits per heavy atom. The highest BCUT2D eigenvalue weighted by molar-refractivity contribution is 5.83. The van der Waals surface area contributed by atoms with Gasteiger partial charge in [-0.3, -0.25) is 9.59 Å². The van der Waals surface area contributed by atoms with E-state index < -0.39 is 0 Å². The molecule has 3 N–H and O–H groups in total. The zero-order valence-electron chi connectivity index (χ0n) is 8.95. The lowest BCUT2D eigenvalue weighted by atomic mass is 9.98. The van der Waals surface area contributed by atoms with Gasteiger partial charge in [-0.25, -0.2) is 0 Å². The summed E-state index contributed by atoms with van der Waals surface area (Å²) in [7, 11) is 0. The number of aliphatic hydroxyl groups excluding tert-OH is 1. The number of rotatable bonds is 4. The molecule has 0 saturated carbocycles. The standard InChI is InChI=1S/C10H18N2O3/c1-2-8(6-13)12-10(15)7-3-4-9(14)11-5-7/h7-8,13H,2-6H2,1H3,(H,11,14)(H,12,15)/t7?,8-/m0/s1. The largest absolute Gasteiger partial charge is 0.394 e. The van der Waals surface area contributed by atoms with Crippen molar-refractivity contribution in [1.82, 2.24) is 10.6 Å².